The molecule has 1 aliphatic heterocycles. The predicted molar refractivity (Wildman–Crippen MR) is 99.0 cm³/mol. The van der Waals surface area contributed by atoms with Crippen molar-refractivity contribution in [2.24, 2.45) is 0 Å². The number of nitrogens with zero attached hydrogens (tertiary/aromatic N) is 4. The minimum atomic E-state index is -0.686. The molecule has 1 aromatic carbocycles. The fraction of sp³-hybridized carbons (Fsp3) is 0.350. The van der Waals surface area contributed by atoms with Crippen LogP contribution in [-0.4, -0.2) is 27.2 Å². The Morgan fingerprint density at radius 3 is 2.74 bits per heavy atom. The van der Waals surface area contributed by atoms with E-state index in [0.29, 0.717) is 52.9 Å². The molecule has 7 heteroatoms. The Hall–Kier alpha value is -2.83. The topological polar surface area (TPSA) is 51.0 Å². The summed E-state index contributed by atoms with van der Waals surface area (Å²) in [7, 11) is 0. The molecule has 0 radical (unpaired) electrons. The summed E-state index contributed by atoms with van der Waals surface area (Å²) < 4.78 is 29.7. The first-order valence-electron chi connectivity index (χ1n) is 9.01. The molecule has 4 rings (SSSR count). The number of hydrogen-bond donors (Lipinski definition) is 0. The van der Waals surface area contributed by atoms with E-state index in [4.69, 9.17) is 0 Å². The first-order valence-corrected chi connectivity index (χ1v) is 9.01. The summed E-state index contributed by atoms with van der Waals surface area (Å²) in [5.41, 5.74) is 2.47. The second kappa shape index (κ2) is 6.40. The number of carbonyl (C=O) groups is 1. The van der Waals surface area contributed by atoms with E-state index in [1.165, 1.54) is 11.0 Å². The number of aryl methyl sites for hydroxylation is 1. The van der Waals surface area contributed by atoms with E-state index in [0.717, 1.165) is 6.07 Å². The molecule has 3 aromatic rings. The third-order valence-electron chi connectivity index (χ3n) is 4.90. The van der Waals surface area contributed by atoms with E-state index in [9.17, 15) is 13.6 Å². The number of amides is 1. The van der Waals surface area contributed by atoms with Crippen LogP contribution in [0.5, 0.6) is 0 Å². The Morgan fingerprint density at radius 2 is 2.00 bits per heavy atom. The summed E-state index contributed by atoms with van der Waals surface area (Å²) in [5, 5.41) is 5.00. The van der Waals surface area contributed by atoms with Gasteiger partial charge in [-0.3, -0.25) is 4.79 Å². The molecule has 0 unspecified atom stereocenters. The summed E-state index contributed by atoms with van der Waals surface area (Å²) in [4.78, 5) is 19.3. The number of pyridine rings is 1. The maximum atomic E-state index is 14.2. The second-order valence-electron chi connectivity index (χ2n) is 7.18. The molecular formula is C20H20F2N4O. The van der Waals surface area contributed by atoms with Gasteiger partial charge in [0.05, 0.1) is 22.8 Å². The summed E-state index contributed by atoms with van der Waals surface area (Å²) in [6, 6.07) is 3.91. The van der Waals surface area contributed by atoms with Crippen molar-refractivity contribution < 1.29 is 13.6 Å². The Kier molecular flexibility index (Phi) is 4.17. The van der Waals surface area contributed by atoms with Crippen LogP contribution in [-0.2, 0) is 6.42 Å². The molecule has 0 atom stereocenters. The van der Waals surface area contributed by atoms with Crippen molar-refractivity contribution in [3.8, 4) is 0 Å². The zero-order chi connectivity index (χ0) is 19.3. The first-order chi connectivity index (χ1) is 12.9. The zero-order valence-corrected chi connectivity index (χ0v) is 15.5. The summed E-state index contributed by atoms with van der Waals surface area (Å²) in [6.07, 6.45) is 2.74. The molecule has 1 aliphatic rings. The lowest BCUT2D eigenvalue weighted by Crippen LogP contribution is -2.36. The van der Waals surface area contributed by atoms with Gasteiger partial charge in [0, 0.05) is 29.9 Å². The Morgan fingerprint density at radius 1 is 1.22 bits per heavy atom. The van der Waals surface area contributed by atoms with Gasteiger partial charge in [-0.1, -0.05) is 0 Å². The van der Waals surface area contributed by atoms with E-state index in [1.54, 1.807) is 16.9 Å². The lowest BCUT2D eigenvalue weighted by molar-refractivity contribution is 0.0986. The Bertz CT molecular complexity index is 1060. The quantitative estimate of drug-likeness (QED) is 0.680. The zero-order valence-electron chi connectivity index (χ0n) is 15.5. The molecule has 0 bridgehead atoms. The van der Waals surface area contributed by atoms with Gasteiger partial charge in [-0.2, -0.15) is 5.10 Å². The van der Waals surface area contributed by atoms with E-state index in [-0.39, 0.29) is 11.9 Å². The summed E-state index contributed by atoms with van der Waals surface area (Å²) in [5.74, 6) is -1.58. The van der Waals surface area contributed by atoms with Crippen molar-refractivity contribution in [3.63, 3.8) is 0 Å². The number of benzene rings is 1. The van der Waals surface area contributed by atoms with Crippen LogP contribution in [0.1, 0.15) is 47.9 Å². The first kappa shape index (κ1) is 17.6. The largest absolute Gasteiger partial charge is 0.308 e. The lowest BCUT2D eigenvalue weighted by atomic mass is 9.99. The normalized spacial score (nSPS) is 14.1. The molecule has 5 nitrogen and oxygen atoms in total. The molecule has 0 N–H and O–H groups in total. The Labute approximate surface area is 155 Å². The number of rotatable bonds is 2. The molecule has 2 aromatic heterocycles. The van der Waals surface area contributed by atoms with Crippen molar-refractivity contribution in [2.75, 3.05) is 11.4 Å². The minimum absolute atomic E-state index is 0.0960. The fourth-order valence-electron chi connectivity index (χ4n) is 3.67. The van der Waals surface area contributed by atoms with Crippen molar-refractivity contribution in [2.45, 2.75) is 39.7 Å². The van der Waals surface area contributed by atoms with E-state index in [1.807, 2.05) is 20.8 Å². The van der Waals surface area contributed by atoms with Crippen LogP contribution < -0.4 is 4.90 Å². The fourth-order valence-corrected chi connectivity index (χ4v) is 3.67. The molecule has 140 valence electrons. The van der Waals surface area contributed by atoms with Crippen LogP contribution in [0.25, 0.3) is 11.0 Å². The van der Waals surface area contributed by atoms with Gasteiger partial charge in [-0.05, 0) is 45.7 Å². The molecular weight excluding hydrogens is 350 g/mol. The van der Waals surface area contributed by atoms with Crippen LogP contribution in [0.3, 0.4) is 0 Å². The van der Waals surface area contributed by atoms with Crippen molar-refractivity contribution >= 4 is 22.6 Å². The molecule has 3 heterocycles. The van der Waals surface area contributed by atoms with Gasteiger partial charge in [0.2, 0.25) is 0 Å². The van der Waals surface area contributed by atoms with Gasteiger partial charge in [0.25, 0.3) is 5.91 Å². The third-order valence-corrected chi connectivity index (χ3v) is 4.90. The predicted octanol–water partition coefficient (Wildman–Crippen LogP) is 4.19. The van der Waals surface area contributed by atoms with Gasteiger partial charge in [0.1, 0.15) is 11.6 Å². The minimum Gasteiger partial charge on any atom is -0.308 e. The highest BCUT2D eigenvalue weighted by Crippen LogP contribution is 2.32. The molecule has 0 fully saturated rings. The van der Waals surface area contributed by atoms with Gasteiger partial charge in [-0.25, -0.2) is 18.4 Å². The van der Waals surface area contributed by atoms with Gasteiger partial charge < -0.3 is 4.90 Å². The number of hydrogen-bond acceptors (Lipinski definition) is 3. The van der Waals surface area contributed by atoms with Crippen LogP contribution in [0.4, 0.5) is 14.5 Å². The van der Waals surface area contributed by atoms with Crippen LogP contribution in [0.2, 0.25) is 0 Å². The maximum Gasteiger partial charge on any atom is 0.259 e. The van der Waals surface area contributed by atoms with Crippen molar-refractivity contribution in [1.29, 1.82) is 0 Å². The van der Waals surface area contributed by atoms with E-state index < -0.39 is 11.6 Å². The highest BCUT2D eigenvalue weighted by Gasteiger charge is 2.28. The van der Waals surface area contributed by atoms with E-state index in [2.05, 4.69) is 10.1 Å². The summed E-state index contributed by atoms with van der Waals surface area (Å²) >= 11 is 0. The van der Waals surface area contributed by atoms with Crippen LogP contribution >= 0.6 is 0 Å². The molecule has 1 amide bonds. The molecule has 0 saturated heterocycles. The third kappa shape index (κ3) is 2.87. The second-order valence-corrected chi connectivity index (χ2v) is 7.18. The lowest BCUT2D eigenvalue weighted by Gasteiger charge is -2.30. The van der Waals surface area contributed by atoms with Gasteiger partial charge in [-0.15, -0.1) is 0 Å². The average Bonchev–Trinajstić information content (AvgIpc) is 3.03. The number of anilines is 1. The average molecular weight is 370 g/mol. The maximum absolute atomic E-state index is 14.2. The number of aromatic nitrogens is 3. The molecule has 27 heavy (non-hydrogen) atoms. The number of carbonyl (C=O) groups excluding carboxylic acids is 1. The summed E-state index contributed by atoms with van der Waals surface area (Å²) in [6.45, 7) is 6.21. The highest BCUT2D eigenvalue weighted by molar-refractivity contribution is 6.13. The van der Waals surface area contributed by atoms with Gasteiger partial charge in [0.15, 0.2) is 5.65 Å². The van der Waals surface area contributed by atoms with Crippen molar-refractivity contribution in [3.05, 3.63) is 52.9 Å². The number of halogens is 2. The van der Waals surface area contributed by atoms with Crippen molar-refractivity contribution in [1.82, 2.24) is 14.8 Å². The smallest absolute Gasteiger partial charge is 0.259 e. The molecule has 0 aliphatic carbocycles. The number of fused-ring (bicyclic) bond motifs is 2. The van der Waals surface area contributed by atoms with E-state index >= 15 is 0 Å². The standard InChI is InChI=1S/C20H20F2N4O/c1-11(2)26-19-16(10-23-26)15(7-12(3)24-19)20(27)25-6-4-5-14-17(22)8-13(21)9-18(14)25/h7-11H,4-6H2,1-3H3. The highest BCUT2D eigenvalue weighted by atomic mass is 19.1. The molecule has 0 saturated carbocycles. The monoisotopic (exact) mass is 370 g/mol. The Balaban J connectivity index is 1.86. The van der Waals surface area contributed by atoms with Crippen LogP contribution in [0.15, 0.2) is 24.4 Å². The van der Waals surface area contributed by atoms with Crippen LogP contribution in [0, 0.1) is 18.6 Å². The SMILES string of the molecule is Cc1cc(C(=O)N2CCCc3c(F)cc(F)cc32)c2cnn(C(C)C)c2n1. The molecule has 0 spiro atoms. The van der Waals surface area contributed by atoms with Gasteiger partial charge >= 0.3 is 0 Å².